The Hall–Kier alpha value is -0.340. The van der Waals surface area contributed by atoms with Gasteiger partial charge in [-0.25, -0.2) is 0 Å². The van der Waals surface area contributed by atoms with Gasteiger partial charge in [0, 0.05) is 19.1 Å². The van der Waals surface area contributed by atoms with Gasteiger partial charge in [-0.1, -0.05) is 25.5 Å². The van der Waals surface area contributed by atoms with E-state index in [0.717, 1.165) is 19.6 Å². The SMILES string of the molecule is CC(C)=CCNC1CCNCC1(C)C. The van der Waals surface area contributed by atoms with Crippen LogP contribution in [0.25, 0.3) is 0 Å². The predicted octanol–water partition coefficient (Wildman–Crippen LogP) is 1.93. The fourth-order valence-electron chi connectivity index (χ4n) is 1.95. The molecule has 2 N–H and O–H groups in total. The molecule has 0 saturated carbocycles. The summed E-state index contributed by atoms with van der Waals surface area (Å²) >= 11 is 0. The molecular formula is C12H24N2. The smallest absolute Gasteiger partial charge is 0.0145 e. The highest BCUT2D eigenvalue weighted by Crippen LogP contribution is 2.24. The molecule has 1 aliphatic rings. The van der Waals surface area contributed by atoms with Gasteiger partial charge in [0.25, 0.3) is 0 Å². The van der Waals surface area contributed by atoms with E-state index in [1.807, 2.05) is 0 Å². The molecule has 0 aromatic heterocycles. The summed E-state index contributed by atoms with van der Waals surface area (Å²) in [4.78, 5) is 0. The van der Waals surface area contributed by atoms with E-state index in [-0.39, 0.29) is 0 Å². The average Bonchev–Trinajstić information content (AvgIpc) is 2.07. The molecule has 1 heterocycles. The summed E-state index contributed by atoms with van der Waals surface area (Å²) in [6.45, 7) is 12.2. The number of nitrogens with one attached hydrogen (secondary N) is 2. The molecule has 2 nitrogen and oxygen atoms in total. The second-order valence-electron chi connectivity index (χ2n) is 5.20. The normalized spacial score (nSPS) is 25.9. The van der Waals surface area contributed by atoms with Crippen molar-refractivity contribution in [3.8, 4) is 0 Å². The Kier molecular flexibility index (Phi) is 4.14. The van der Waals surface area contributed by atoms with Gasteiger partial charge in [-0.15, -0.1) is 0 Å². The molecule has 82 valence electrons. The lowest BCUT2D eigenvalue weighted by Crippen LogP contribution is -2.52. The number of piperidine rings is 1. The van der Waals surface area contributed by atoms with E-state index in [9.17, 15) is 0 Å². The van der Waals surface area contributed by atoms with Gasteiger partial charge in [-0.05, 0) is 32.2 Å². The van der Waals surface area contributed by atoms with E-state index in [4.69, 9.17) is 0 Å². The predicted molar refractivity (Wildman–Crippen MR) is 62.5 cm³/mol. The topological polar surface area (TPSA) is 24.1 Å². The van der Waals surface area contributed by atoms with E-state index in [2.05, 4.69) is 44.4 Å². The highest BCUT2D eigenvalue weighted by molar-refractivity contribution is 4.97. The molecule has 1 atom stereocenters. The molecular weight excluding hydrogens is 172 g/mol. The highest BCUT2D eigenvalue weighted by atomic mass is 15.0. The summed E-state index contributed by atoms with van der Waals surface area (Å²) in [5.41, 5.74) is 1.78. The van der Waals surface area contributed by atoms with Crippen LogP contribution in [-0.2, 0) is 0 Å². The van der Waals surface area contributed by atoms with Gasteiger partial charge in [-0.2, -0.15) is 0 Å². The molecule has 0 bridgehead atoms. The van der Waals surface area contributed by atoms with Gasteiger partial charge < -0.3 is 10.6 Å². The summed E-state index contributed by atoms with van der Waals surface area (Å²) in [6.07, 6.45) is 3.50. The van der Waals surface area contributed by atoms with Gasteiger partial charge in [0.15, 0.2) is 0 Å². The lowest BCUT2D eigenvalue weighted by Gasteiger charge is -2.39. The van der Waals surface area contributed by atoms with Crippen LogP contribution in [0.2, 0.25) is 0 Å². The monoisotopic (exact) mass is 196 g/mol. The zero-order valence-electron chi connectivity index (χ0n) is 9.98. The Bertz CT molecular complexity index is 202. The number of hydrogen-bond donors (Lipinski definition) is 2. The van der Waals surface area contributed by atoms with Crippen LogP contribution in [0.4, 0.5) is 0 Å². The maximum absolute atomic E-state index is 3.63. The quantitative estimate of drug-likeness (QED) is 0.674. The van der Waals surface area contributed by atoms with Crippen LogP contribution in [0, 0.1) is 5.41 Å². The first-order valence-electron chi connectivity index (χ1n) is 5.60. The molecule has 1 aliphatic heterocycles. The molecule has 2 heteroatoms. The summed E-state index contributed by atoms with van der Waals surface area (Å²) in [6, 6.07) is 0.652. The van der Waals surface area contributed by atoms with Gasteiger partial charge >= 0.3 is 0 Å². The first-order valence-corrected chi connectivity index (χ1v) is 5.60. The molecule has 0 amide bonds. The first kappa shape index (κ1) is 11.7. The molecule has 0 aromatic carbocycles. The molecule has 1 saturated heterocycles. The maximum atomic E-state index is 3.63. The Balaban J connectivity index is 2.38. The molecule has 0 aliphatic carbocycles. The lowest BCUT2D eigenvalue weighted by molar-refractivity contribution is 0.189. The van der Waals surface area contributed by atoms with Crippen LogP contribution in [0.15, 0.2) is 11.6 Å². The van der Waals surface area contributed by atoms with Gasteiger partial charge in [0.05, 0.1) is 0 Å². The second kappa shape index (κ2) is 4.94. The van der Waals surface area contributed by atoms with E-state index in [1.54, 1.807) is 0 Å². The number of allylic oxidation sites excluding steroid dienone is 1. The van der Waals surface area contributed by atoms with Crippen molar-refractivity contribution in [2.45, 2.75) is 40.2 Å². The van der Waals surface area contributed by atoms with Crippen molar-refractivity contribution in [1.29, 1.82) is 0 Å². The largest absolute Gasteiger partial charge is 0.316 e. The second-order valence-corrected chi connectivity index (χ2v) is 5.20. The fourth-order valence-corrected chi connectivity index (χ4v) is 1.95. The third-order valence-corrected chi connectivity index (χ3v) is 3.01. The minimum atomic E-state index is 0.383. The van der Waals surface area contributed by atoms with E-state index in [0.29, 0.717) is 11.5 Å². The van der Waals surface area contributed by atoms with Crippen LogP contribution < -0.4 is 10.6 Å². The van der Waals surface area contributed by atoms with Gasteiger partial charge in [-0.3, -0.25) is 0 Å². The molecule has 0 radical (unpaired) electrons. The third kappa shape index (κ3) is 3.43. The zero-order chi connectivity index (χ0) is 10.6. The van der Waals surface area contributed by atoms with Crippen LogP contribution in [0.5, 0.6) is 0 Å². The van der Waals surface area contributed by atoms with Crippen LogP contribution in [-0.4, -0.2) is 25.7 Å². The van der Waals surface area contributed by atoms with Crippen molar-refractivity contribution < 1.29 is 0 Å². The molecule has 1 unspecified atom stereocenters. The average molecular weight is 196 g/mol. The van der Waals surface area contributed by atoms with Gasteiger partial charge in [0.1, 0.15) is 0 Å². The van der Waals surface area contributed by atoms with Crippen molar-refractivity contribution in [2.75, 3.05) is 19.6 Å². The third-order valence-electron chi connectivity index (χ3n) is 3.01. The molecule has 14 heavy (non-hydrogen) atoms. The molecule has 0 aromatic rings. The molecule has 0 spiro atoms. The highest BCUT2D eigenvalue weighted by Gasteiger charge is 2.31. The summed E-state index contributed by atoms with van der Waals surface area (Å²) < 4.78 is 0. The van der Waals surface area contributed by atoms with Crippen molar-refractivity contribution in [3.05, 3.63) is 11.6 Å². The standard InChI is InChI=1S/C12H24N2/c1-10(2)5-8-14-11-6-7-13-9-12(11,3)4/h5,11,13-14H,6-9H2,1-4H3. The Morgan fingerprint density at radius 2 is 2.21 bits per heavy atom. The van der Waals surface area contributed by atoms with E-state index < -0.39 is 0 Å². The number of rotatable bonds is 3. The zero-order valence-corrected chi connectivity index (χ0v) is 9.98. The van der Waals surface area contributed by atoms with Crippen molar-refractivity contribution in [3.63, 3.8) is 0 Å². The fraction of sp³-hybridized carbons (Fsp3) is 0.833. The van der Waals surface area contributed by atoms with Crippen LogP contribution >= 0.6 is 0 Å². The van der Waals surface area contributed by atoms with Crippen molar-refractivity contribution >= 4 is 0 Å². The minimum Gasteiger partial charge on any atom is -0.316 e. The van der Waals surface area contributed by atoms with Crippen molar-refractivity contribution in [1.82, 2.24) is 10.6 Å². The number of hydrogen-bond acceptors (Lipinski definition) is 2. The maximum Gasteiger partial charge on any atom is 0.0145 e. The van der Waals surface area contributed by atoms with Crippen molar-refractivity contribution in [2.24, 2.45) is 5.41 Å². The summed E-state index contributed by atoms with van der Waals surface area (Å²) in [5.74, 6) is 0. The Morgan fingerprint density at radius 3 is 2.79 bits per heavy atom. The van der Waals surface area contributed by atoms with E-state index >= 15 is 0 Å². The summed E-state index contributed by atoms with van der Waals surface area (Å²) in [7, 11) is 0. The Labute approximate surface area is 88.2 Å². The van der Waals surface area contributed by atoms with E-state index in [1.165, 1.54) is 12.0 Å². The lowest BCUT2D eigenvalue weighted by atomic mass is 9.80. The molecule has 1 rings (SSSR count). The van der Waals surface area contributed by atoms with Crippen LogP contribution in [0.1, 0.15) is 34.1 Å². The Morgan fingerprint density at radius 1 is 1.50 bits per heavy atom. The van der Waals surface area contributed by atoms with Crippen LogP contribution in [0.3, 0.4) is 0 Å². The minimum absolute atomic E-state index is 0.383. The first-order chi connectivity index (χ1) is 6.52. The molecule has 1 fully saturated rings. The van der Waals surface area contributed by atoms with Gasteiger partial charge in [0.2, 0.25) is 0 Å². The summed E-state index contributed by atoms with van der Waals surface area (Å²) in [5, 5.41) is 7.08.